The van der Waals surface area contributed by atoms with E-state index in [1.807, 2.05) is 6.92 Å². The monoisotopic (exact) mass is 363 g/mol. The first-order valence-electron chi connectivity index (χ1n) is 10.1. The molecule has 0 spiro atoms. The molecule has 7 heteroatoms. The lowest BCUT2D eigenvalue weighted by Crippen LogP contribution is -2.67. The van der Waals surface area contributed by atoms with Crippen molar-refractivity contribution >= 4 is 23.6 Å². The van der Waals surface area contributed by atoms with E-state index in [2.05, 4.69) is 11.1 Å². The summed E-state index contributed by atoms with van der Waals surface area (Å²) < 4.78 is 0. The van der Waals surface area contributed by atoms with E-state index < -0.39 is 17.9 Å². The summed E-state index contributed by atoms with van der Waals surface area (Å²) in [5.74, 6) is -1.87. The molecular weight excluding hydrogens is 332 g/mol. The molecule has 1 aliphatic heterocycles. The third-order valence-electron chi connectivity index (χ3n) is 6.03. The molecule has 2 aliphatic carbocycles. The lowest BCUT2D eigenvalue weighted by Gasteiger charge is -2.38. The van der Waals surface area contributed by atoms with Crippen LogP contribution in [0.4, 0.5) is 4.79 Å². The maximum absolute atomic E-state index is 13.1. The van der Waals surface area contributed by atoms with Crippen LogP contribution in [0, 0.1) is 5.92 Å². The Hall–Kier alpha value is -1.76. The molecule has 1 heterocycles. The van der Waals surface area contributed by atoms with Crippen molar-refractivity contribution in [3.63, 3.8) is 0 Å². The predicted molar refractivity (Wildman–Crippen MR) is 97.4 cm³/mol. The first-order chi connectivity index (χ1) is 12.5. The number of aliphatic imine (C=N–C) groups is 1. The van der Waals surface area contributed by atoms with Gasteiger partial charge in [0, 0.05) is 18.2 Å². The van der Waals surface area contributed by atoms with E-state index >= 15 is 0 Å². The molecule has 2 saturated carbocycles. The van der Waals surface area contributed by atoms with Crippen molar-refractivity contribution in [2.45, 2.75) is 89.3 Å². The molecule has 4 N–H and O–H groups in total. The van der Waals surface area contributed by atoms with Gasteiger partial charge in [-0.15, -0.1) is 0 Å². The average Bonchev–Trinajstić information content (AvgIpc) is 2.63. The summed E-state index contributed by atoms with van der Waals surface area (Å²) in [7, 11) is 0. The molecule has 0 aromatic heterocycles. The minimum absolute atomic E-state index is 0.0695. The number of carbonyl (C=O) groups is 3. The van der Waals surface area contributed by atoms with Crippen LogP contribution in [0.3, 0.4) is 0 Å². The number of amides is 4. The second kappa shape index (κ2) is 8.29. The molecule has 3 rings (SSSR count). The molecule has 0 aromatic carbocycles. The highest BCUT2D eigenvalue weighted by atomic mass is 16.2. The highest BCUT2D eigenvalue weighted by Crippen LogP contribution is 2.27. The second-order valence-corrected chi connectivity index (χ2v) is 7.81. The number of nitrogens with one attached hydrogen (secondary N) is 1. The lowest BCUT2D eigenvalue weighted by atomic mass is 9.89. The first-order valence-corrected chi connectivity index (χ1v) is 10.1. The number of nitrogens with zero attached hydrogens (tertiary/aromatic N) is 2. The third-order valence-corrected chi connectivity index (χ3v) is 6.03. The van der Waals surface area contributed by atoms with Gasteiger partial charge in [0.05, 0.1) is 0 Å². The zero-order chi connectivity index (χ0) is 18.7. The summed E-state index contributed by atoms with van der Waals surface area (Å²) in [6, 6.07) is -0.366. The van der Waals surface area contributed by atoms with Crippen molar-refractivity contribution in [2.75, 3.05) is 0 Å². The van der Waals surface area contributed by atoms with Crippen LogP contribution in [0.2, 0.25) is 0 Å². The highest BCUT2D eigenvalue weighted by Gasteiger charge is 2.46. The summed E-state index contributed by atoms with van der Waals surface area (Å²) in [4.78, 5) is 44.0. The molecule has 3 aliphatic rings. The van der Waals surface area contributed by atoms with Gasteiger partial charge in [0.2, 0.25) is 11.8 Å². The van der Waals surface area contributed by atoms with Crippen molar-refractivity contribution in [1.29, 1.82) is 0 Å². The molecular formula is C19H31N4O3+. The van der Waals surface area contributed by atoms with Gasteiger partial charge in [-0.05, 0) is 32.1 Å². The second-order valence-electron chi connectivity index (χ2n) is 7.81. The van der Waals surface area contributed by atoms with E-state index in [1.54, 1.807) is 0 Å². The minimum atomic E-state index is -0.964. The van der Waals surface area contributed by atoms with Crippen LogP contribution >= 0.6 is 0 Å². The van der Waals surface area contributed by atoms with E-state index in [4.69, 9.17) is 4.99 Å². The number of quaternary nitrogens is 1. The Morgan fingerprint density at radius 3 is 2.38 bits per heavy atom. The minimum Gasteiger partial charge on any atom is -0.353 e. The van der Waals surface area contributed by atoms with Gasteiger partial charge in [-0.3, -0.25) is 24.8 Å². The van der Waals surface area contributed by atoms with Gasteiger partial charge in [-0.2, -0.15) is 0 Å². The fourth-order valence-electron chi connectivity index (χ4n) is 4.51. The Morgan fingerprint density at radius 1 is 1.08 bits per heavy atom. The van der Waals surface area contributed by atoms with Crippen LogP contribution in [0.5, 0.6) is 0 Å². The van der Waals surface area contributed by atoms with Crippen LogP contribution in [-0.4, -0.2) is 46.6 Å². The van der Waals surface area contributed by atoms with E-state index in [1.165, 1.54) is 4.90 Å². The van der Waals surface area contributed by atoms with Crippen molar-refractivity contribution in [3.05, 3.63) is 0 Å². The Morgan fingerprint density at radius 2 is 1.73 bits per heavy atom. The van der Waals surface area contributed by atoms with Crippen LogP contribution in [0.25, 0.3) is 0 Å². The SMILES string of the molecule is CCC(=N[C@H]1CCCC[C@H]1[NH3+])C1C(=O)NC(=O)N(C2CCCCC2)C1=O. The van der Waals surface area contributed by atoms with Gasteiger partial charge in [0.15, 0.2) is 5.92 Å². The van der Waals surface area contributed by atoms with Crippen molar-refractivity contribution in [1.82, 2.24) is 10.2 Å². The molecule has 1 saturated heterocycles. The zero-order valence-electron chi connectivity index (χ0n) is 15.7. The van der Waals surface area contributed by atoms with Gasteiger partial charge in [0.25, 0.3) is 0 Å². The van der Waals surface area contributed by atoms with Gasteiger partial charge in [0.1, 0.15) is 12.1 Å². The molecule has 4 amide bonds. The normalized spacial score (nSPS) is 31.9. The summed E-state index contributed by atoms with van der Waals surface area (Å²) in [5.41, 5.74) is 4.79. The van der Waals surface area contributed by atoms with E-state index in [0.717, 1.165) is 57.8 Å². The van der Waals surface area contributed by atoms with E-state index in [0.29, 0.717) is 12.1 Å². The Bertz CT molecular complexity index is 598. The summed E-state index contributed by atoms with van der Waals surface area (Å²) in [5, 5.41) is 2.40. The number of imide groups is 2. The summed E-state index contributed by atoms with van der Waals surface area (Å²) in [6.07, 6.45) is 9.58. The van der Waals surface area contributed by atoms with Gasteiger partial charge in [-0.1, -0.05) is 32.6 Å². The number of hydrogen-bond acceptors (Lipinski definition) is 4. The fourth-order valence-corrected chi connectivity index (χ4v) is 4.51. The number of hydrogen-bond donors (Lipinski definition) is 2. The zero-order valence-corrected chi connectivity index (χ0v) is 15.7. The predicted octanol–water partition coefficient (Wildman–Crippen LogP) is 1.42. The highest BCUT2D eigenvalue weighted by molar-refractivity contribution is 6.27. The van der Waals surface area contributed by atoms with Crippen molar-refractivity contribution in [2.24, 2.45) is 10.9 Å². The molecule has 3 atom stereocenters. The molecule has 1 unspecified atom stereocenters. The van der Waals surface area contributed by atoms with Gasteiger partial charge >= 0.3 is 6.03 Å². The van der Waals surface area contributed by atoms with Crippen LogP contribution in [0.1, 0.15) is 71.1 Å². The van der Waals surface area contributed by atoms with Crippen molar-refractivity contribution < 1.29 is 20.1 Å². The maximum atomic E-state index is 13.1. The van der Waals surface area contributed by atoms with Crippen molar-refractivity contribution in [3.8, 4) is 0 Å². The Labute approximate surface area is 154 Å². The molecule has 3 fully saturated rings. The van der Waals surface area contributed by atoms with Crippen LogP contribution in [-0.2, 0) is 9.59 Å². The summed E-state index contributed by atoms with van der Waals surface area (Å²) in [6.45, 7) is 1.92. The number of urea groups is 1. The molecule has 0 radical (unpaired) electrons. The third kappa shape index (κ3) is 3.82. The smallest absolute Gasteiger partial charge is 0.331 e. The molecule has 7 nitrogen and oxygen atoms in total. The topological polar surface area (TPSA) is 106 Å². The Kier molecular flexibility index (Phi) is 6.06. The van der Waals surface area contributed by atoms with Gasteiger partial charge < -0.3 is 5.73 Å². The molecule has 144 valence electrons. The van der Waals surface area contributed by atoms with Crippen LogP contribution in [0.15, 0.2) is 4.99 Å². The number of barbiturate groups is 1. The maximum Gasteiger partial charge on any atom is 0.331 e. The fraction of sp³-hybridized carbons (Fsp3) is 0.789. The quantitative estimate of drug-likeness (QED) is 0.582. The number of carbonyl (C=O) groups excluding carboxylic acids is 3. The van der Waals surface area contributed by atoms with Crippen LogP contribution < -0.4 is 11.1 Å². The molecule has 0 aromatic rings. The standard InChI is InChI=1S/C19H30N4O3/c1-2-14(21-15-11-7-6-10-13(15)20)16-17(24)22-19(26)23(18(16)25)12-8-4-3-5-9-12/h12-13,15-16H,2-11,20H2,1H3,(H,22,24,26)/p+1/t13-,15+,16?/m1/s1. The largest absolute Gasteiger partial charge is 0.353 e. The lowest BCUT2D eigenvalue weighted by molar-refractivity contribution is -0.428. The first kappa shape index (κ1) is 19.0. The molecule has 26 heavy (non-hydrogen) atoms. The average molecular weight is 363 g/mol. The molecule has 0 bridgehead atoms. The summed E-state index contributed by atoms with van der Waals surface area (Å²) >= 11 is 0. The van der Waals surface area contributed by atoms with Gasteiger partial charge in [-0.25, -0.2) is 4.79 Å². The van der Waals surface area contributed by atoms with E-state index in [9.17, 15) is 14.4 Å². The number of rotatable bonds is 4. The Balaban J connectivity index is 1.84. The van der Waals surface area contributed by atoms with E-state index in [-0.39, 0.29) is 24.0 Å².